The summed E-state index contributed by atoms with van der Waals surface area (Å²) in [7, 11) is 0. The minimum atomic E-state index is 0.333. The fraction of sp³-hybridized carbons (Fsp3) is 0.933. The third-order valence-corrected chi connectivity index (χ3v) is 5.12. The summed E-state index contributed by atoms with van der Waals surface area (Å²) in [5.74, 6) is 2.27. The van der Waals surface area contributed by atoms with Gasteiger partial charge < -0.3 is 10.6 Å². The zero-order valence-electron chi connectivity index (χ0n) is 11.3. The van der Waals surface area contributed by atoms with Crippen LogP contribution in [0.2, 0.25) is 0 Å². The number of carbonyl (C=O) groups is 1. The van der Waals surface area contributed by atoms with Gasteiger partial charge >= 0.3 is 0 Å². The van der Waals surface area contributed by atoms with Crippen LogP contribution < -0.4 is 10.6 Å². The topological polar surface area (TPSA) is 41.1 Å². The molecule has 2 N–H and O–H groups in total. The van der Waals surface area contributed by atoms with E-state index in [2.05, 4.69) is 10.6 Å². The van der Waals surface area contributed by atoms with Crippen LogP contribution in [-0.4, -0.2) is 25.0 Å². The molecule has 18 heavy (non-hydrogen) atoms. The third-order valence-electron chi connectivity index (χ3n) is 5.12. The molecule has 2 aliphatic carbocycles. The molecule has 3 rings (SSSR count). The summed E-state index contributed by atoms with van der Waals surface area (Å²) in [6.07, 6.45) is 10.6. The summed E-state index contributed by atoms with van der Waals surface area (Å²) in [6.45, 7) is 1.96. The second kappa shape index (κ2) is 5.60. The van der Waals surface area contributed by atoms with Gasteiger partial charge in [-0.05, 0) is 37.6 Å². The van der Waals surface area contributed by atoms with Gasteiger partial charge in [-0.1, -0.05) is 32.1 Å². The standard InChI is InChI=1S/C15H26N2O/c18-15(17-10-12-7-4-8-16-12)14-9-13(14)11-5-2-1-3-6-11/h11-14,16H,1-10H2,(H,17,18)/t12-,13-,14-/m0/s1. The molecule has 0 spiro atoms. The van der Waals surface area contributed by atoms with Gasteiger partial charge in [0.2, 0.25) is 5.91 Å². The quantitative estimate of drug-likeness (QED) is 0.802. The zero-order chi connectivity index (χ0) is 12.4. The Morgan fingerprint density at radius 2 is 1.94 bits per heavy atom. The molecule has 2 saturated carbocycles. The van der Waals surface area contributed by atoms with E-state index in [-0.39, 0.29) is 0 Å². The Hall–Kier alpha value is -0.570. The van der Waals surface area contributed by atoms with Crippen molar-refractivity contribution in [2.24, 2.45) is 17.8 Å². The van der Waals surface area contributed by atoms with Crippen LogP contribution in [0, 0.1) is 17.8 Å². The number of rotatable bonds is 4. The van der Waals surface area contributed by atoms with Crippen LogP contribution in [0.25, 0.3) is 0 Å². The fourth-order valence-corrected chi connectivity index (χ4v) is 3.89. The van der Waals surface area contributed by atoms with E-state index >= 15 is 0 Å². The van der Waals surface area contributed by atoms with Crippen LogP contribution >= 0.6 is 0 Å². The van der Waals surface area contributed by atoms with Gasteiger partial charge in [0.15, 0.2) is 0 Å². The maximum Gasteiger partial charge on any atom is 0.223 e. The lowest BCUT2D eigenvalue weighted by Gasteiger charge is -2.21. The minimum Gasteiger partial charge on any atom is -0.354 e. The summed E-state index contributed by atoms with van der Waals surface area (Å²) in [5.41, 5.74) is 0. The normalized spacial score (nSPS) is 36.6. The predicted octanol–water partition coefficient (Wildman–Crippen LogP) is 2.07. The molecular formula is C15H26N2O. The fourth-order valence-electron chi connectivity index (χ4n) is 3.89. The molecule has 0 bridgehead atoms. The van der Waals surface area contributed by atoms with E-state index in [4.69, 9.17) is 0 Å². The first kappa shape index (κ1) is 12.5. The molecule has 0 aromatic heterocycles. The van der Waals surface area contributed by atoms with Crippen molar-refractivity contribution in [3.8, 4) is 0 Å². The van der Waals surface area contributed by atoms with Crippen LogP contribution in [0.5, 0.6) is 0 Å². The molecule has 1 aliphatic heterocycles. The van der Waals surface area contributed by atoms with Crippen LogP contribution in [0.3, 0.4) is 0 Å². The van der Waals surface area contributed by atoms with Gasteiger partial charge in [0.05, 0.1) is 0 Å². The molecule has 3 heteroatoms. The first-order valence-corrected chi connectivity index (χ1v) is 7.85. The van der Waals surface area contributed by atoms with Gasteiger partial charge in [-0.15, -0.1) is 0 Å². The second-order valence-electron chi connectivity index (χ2n) is 6.44. The number of amides is 1. The molecule has 3 aliphatic rings. The summed E-state index contributed by atoms with van der Waals surface area (Å²) >= 11 is 0. The molecule has 3 atom stereocenters. The minimum absolute atomic E-state index is 0.333. The zero-order valence-corrected chi connectivity index (χ0v) is 11.3. The van der Waals surface area contributed by atoms with E-state index in [9.17, 15) is 4.79 Å². The van der Waals surface area contributed by atoms with Gasteiger partial charge in [-0.2, -0.15) is 0 Å². The van der Waals surface area contributed by atoms with E-state index < -0.39 is 0 Å². The van der Waals surface area contributed by atoms with Gasteiger partial charge in [-0.3, -0.25) is 4.79 Å². The highest BCUT2D eigenvalue weighted by Gasteiger charge is 2.47. The molecule has 0 unspecified atom stereocenters. The molecule has 0 aromatic rings. The Kier molecular flexibility index (Phi) is 3.88. The maximum atomic E-state index is 12.1. The SMILES string of the molecule is O=C(NC[C@@H]1CCCN1)[C@H]1C[C@H]1C1CCCCC1. The molecular weight excluding hydrogens is 224 g/mol. The second-order valence-corrected chi connectivity index (χ2v) is 6.44. The Balaban J connectivity index is 1.38. The van der Waals surface area contributed by atoms with Crippen LogP contribution in [0.15, 0.2) is 0 Å². The Bertz CT molecular complexity index is 293. The van der Waals surface area contributed by atoms with Crippen molar-refractivity contribution >= 4 is 5.91 Å². The van der Waals surface area contributed by atoms with Gasteiger partial charge in [-0.25, -0.2) is 0 Å². The molecule has 3 fully saturated rings. The van der Waals surface area contributed by atoms with E-state index in [0.29, 0.717) is 17.9 Å². The predicted molar refractivity (Wildman–Crippen MR) is 72.2 cm³/mol. The molecule has 1 heterocycles. The average Bonchev–Trinajstić information content (AvgIpc) is 3.05. The number of nitrogens with one attached hydrogen (secondary N) is 2. The van der Waals surface area contributed by atoms with Crippen molar-refractivity contribution in [3.63, 3.8) is 0 Å². The monoisotopic (exact) mass is 250 g/mol. The Morgan fingerprint density at radius 3 is 2.67 bits per heavy atom. The summed E-state index contributed by atoms with van der Waals surface area (Å²) in [6, 6.07) is 0.529. The first-order valence-electron chi connectivity index (χ1n) is 7.85. The van der Waals surface area contributed by atoms with Gasteiger partial charge in [0, 0.05) is 18.5 Å². The number of hydrogen-bond acceptors (Lipinski definition) is 2. The molecule has 0 aromatic carbocycles. The molecule has 1 saturated heterocycles. The lowest BCUT2D eigenvalue weighted by Crippen LogP contribution is -2.38. The van der Waals surface area contributed by atoms with E-state index in [1.807, 2.05) is 0 Å². The number of hydrogen-bond donors (Lipinski definition) is 2. The van der Waals surface area contributed by atoms with E-state index in [1.165, 1.54) is 44.9 Å². The third kappa shape index (κ3) is 2.87. The van der Waals surface area contributed by atoms with Gasteiger partial charge in [0.25, 0.3) is 0 Å². The number of carbonyl (C=O) groups excluding carboxylic acids is 1. The van der Waals surface area contributed by atoms with Crippen LogP contribution in [-0.2, 0) is 4.79 Å². The van der Waals surface area contributed by atoms with Crippen molar-refractivity contribution in [3.05, 3.63) is 0 Å². The molecule has 102 valence electrons. The highest BCUT2D eigenvalue weighted by Crippen LogP contribution is 2.49. The molecule has 0 radical (unpaired) electrons. The Morgan fingerprint density at radius 1 is 1.11 bits per heavy atom. The van der Waals surface area contributed by atoms with Crippen molar-refractivity contribution in [2.45, 2.75) is 57.4 Å². The van der Waals surface area contributed by atoms with Crippen molar-refractivity contribution < 1.29 is 4.79 Å². The summed E-state index contributed by atoms with van der Waals surface area (Å²) in [5, 5.41) is 6.59. The molecule has 3 nitrogen and oxygen atoms in total. The largest absolute Gasteiger partial charge is 0.354 e. The van der Waals surface area contributed by atoms with Crippen molar-refractivity contribution in [1.29, 1.82) is 0 Å². The van der Waals surface area contributed by atoms with Gasteiger partial charge in [0.1, 0.15) is 0 Å². The Labute approximate surface area is 110 Å². The van der Waals surface area contributed by atoms with Crippen molar-refractivity contribution in [2.75, 3.05) is 13.1 Å². The first-order chi connectivity index (χ1) is 8.84. The molecule has 1 amide bonds. The smallest absolute Gasteiger partial charge is 0.223 e. The van der Waals surface area contributed by atoms with Crippen molar-refractivity contribution in [1.82, 2.24) is 10.6 Å². The average molecular weight is 250 g/mol. The van der Waals surface area contributed by atoms with Crippen LogP contribution in [0.4, 0.5) is 0 Å². The summed E-state index contributed by atoms with van der Waals surface area (Å²) in [4.78, 5) is 12.1. The summed E-state index contributed by atoms with van der Waals surface area (Å²) < 4.78 is 0. The lowest BCUT2D eigenvalue weighted by molar-refractivity contribution is -0.122. The van der Waals surface area contributed by atoms with E-state index in [0.717, 1.165) is 31.3 Å². The van der Waals surface area contributed by atoms with Crippen LogP contribution in [0.1, 0.15) is 51.4 Å². The highest BCUT2D eigenvalue weighted by atomic mass is 16.2. The van der Waals surface area contributed by atoms with E-state index in [1.54, 1.807) is 0 Å². The lowest BCUT2D eigenvalue weighted by atomic mass is 9.85. The highest BCUT2D eigenvalue weighted by molar-refractivity contribution is 5.81. The maximum absolute atomic E-state index is 12.1.